The van der Waals surface area contributed by atoms with Crippen LogP contribution in [0.5, 0.6) is 0 Å². The lowest BCUT2D eigenvalue weighted by Gasteiger charge is -2.26. The Balaban J connectivity index is 1.54. The van der Waals surface area contributed by atoms with E-state index in [2.05, 4.69) is 15.0 Å². The molecule has 130 valence electrons. The summed E-state index contributed by atoms with van der Waals surface area (Å²) in [6, 6.07) is 11.7. The Bertz CT molecular complexity index is 816. The zero-order valence-electron chi connectivity index (χ0n) is 13.9. The molecule has 3 heterocycles. The number of aromatic nitrogens is 2. The van der Waals surface area contributed by atoms with E-state index in [9.17, 15) is 0 Å². The van der Waals surface area contributed by atoms with Crippen LogP contribution < -0.4 is 0 Å². The summed E-state index contributed by atoms with van der Waals surface area (Å²) in [6.45, 7) is 1.62. The van der Waals surface area contributed by atoms with Gasteiger partial charge in [0.25, 0.3) is 0 Å². The molecule has 0 amide bonds. The molecular formula is C19H20ClN3O2. The van der Waals surface area contributed by atoms with Crippen molar-refractivity contribution >= 4 is 11.6 Å². The third kappa shape index (κ3) is 3.78. The van der Waals surface area contributed by atoms with Gasteiger partial charge in [-0.25, -0.2) is 0 Å². The van der Waals surface area contributed by atoms with Crippen LogP contribution in [0.3, 0.4) is 0 Å². The summed E-state index contributed by atoms with van der Waals surface area (Å²) < 4.78 is 11.2. The smallest absolute Gasteiger partial charge is 0.241 e. The monoisotopic (exact) mass is 357 g/mol. The van der Waals surface area contributed by atoms with E-state index in [0.29, 0.717) is 23.3 Å². The van der Waals surface area contributed by atoms with Gasteiger partial charge in [0.05, 0.1) is 18.8 Å². The highest BCUT2D eigenvalue weighted by atomic mass is 35.5. The molecule has 1 unspecified atom stereocenters. The largest absolute Gasteiger partial charge is 0.468 e. The standard InChI is InChI=1S/C19H20ClN3O2/c20-15-7-4-6-14(12-15)19-21-18(25-22-19)13-23-10-3-1-2-8-16(23)17-9-5-11-24-17/h4-7,9,11-12,16H,1-3,8,10,13H2. The van der Waals surface area contributed by atoms with Crippen LogP contribution in [0.25, 0.3) is 11.4 Å². The second kappa shape index (κ2) is 7.42. The molecule has 1 atom stereocenters. The highest BCUT2D eigenvalue weighted by Crippen LogP contribution is 2.31. The maximum atomic E-state index is 6.05. The van der Waals surface area contributed by atoms with Crippen molar-refractivity contribution in [2.75, 3.05) is 6.54 Å². The van der Waals surface area contributed by atoms with E-state index in [1.54, 1.807) is 6.26 Å². The van der Waals surface area contributed by atoms with Crippen molar-refractivity contribution < 1.29 is 8.94 Å². The third-order valence-electron chi connectivity index (χ3n) is 4.62. The number of furan rings is 1. The molecule has 2 aromatic heterocycles. The van der Waals surface area contributed by atoms with Gasteiger partial charge in [0.2, 0.25) is 11.7 Å². The number of likely N-dealkylation sites (tertiary alicyclic amines) is 1. The first-order chi connectivity index (χ1) is 12.3. The number of hydrogen-bond acceptors (Lipinski definition) is 5. The lowest BCUT2D eigenvalue weighted by Crippen LogP contribution is -2.28. The van der Waals surface area contributed by atoms with Crippen LogP contribution >= 0.6 is 11.6 Å². The molecule has 0 spiro atoms. The van der Waals surface area contributed by atoms with E-state index in [1.165, 1.54) is 19.3 Å². The molecule has 0 N–H and O–H groups in total. The molecule has 6 heteroatoms. The normalized spacial score (nSPS) is 19.0. The topological polar surface area (TPSA) is 55.3 Å². The predicted molar refractivity (Wildman–Crippen MR) is 95.1 cm³/mol. The fraction of sp³-hybridized carbons (Fsp3) is 0.368. The Hall–Kier alpha value is -2.11. The van der Waals surface area contributed by atoms with Crippen LogP contribution in [0, 0.1) is 0 Å². The molecule has 1 aromatic carbocycles. The number of rotatable bonds is 4. The molecule has 3 aromatic rings. The number of benzene rings is 1. The minimum atomic E-state index is 0.263. The van der Waals surface area contributed by atoms with Crippen LogP contribution in [-0.4, -0.2) is 21.6 Å². The molecule has 1 fully saturated rings. The Morgan fingerprint density at radius 1 is 1.16 bits per heavy atom. The Labute approximate surface area is 151 Å². The fourth-order valence-electron chi connectivity index (χ4n) is 3.40. The second-order valence-electron chi connectivity index (χ2n) is 6.37. The SMILES string of the molecule is Clc1cccc(-c2noc(CN3CCCCCC3c3ccco3)n2)c1. The Kier molecular flexibility index (Phi) is 4.85. The third-order valence-corrected chi connectivity index (χ3v) is 4.86. The molecule has 4 rings (SSSR count). The summed E-state index contributed by atoms with van der Waals surface area (Å²) >= 11 is 6.05. The van der Waals surface area contributed by atoms with Gasteiger partial charge in [0, 0.05) is 10.6 Å². The van der Waals surface area contributed by atoms with Gasteiger partial charge in [-0.2, -0.15) is 4.98 Å². The van der Waals surface area contributed by atoms with Gasteiger partial charge in [-0.15, -0.1) is 0 Å². The van der Waals surface area contributed by atoms with Crippen molar-refractivity contribution in [1.29, 1.82) is 0 Å². The van der Waals surface area contributed by atoms with Crippen molar-refractivity contribution in [3.05, 3.63) is 59.3 Å². The van der Waals surface area contributed by atoms with Crippen LogP contribution in [0.15, 0.2) is 51.6 Å². The van der Waals surface area contributed by atoms with Crippen molar-refractivity contribution in [2.24, 2.45) is 0 Å². The summed E-state index contributed by atoms with van der Waals surface area (Å²) in [5.41, 5.74) is 0.862. The first-order valence-electron chi connectivity index (χ1n) is 8.65. The molecular weight excluding hydrogens is 338 g/mol. The fourth-order valence-corrected chi connectivity index (χ4v) is 3.59. The van der Waals surface area contributed by atoms with Gasteiger partial charge in [0.1, 0.15) is 5.76 Å². The minimum absolute atomic E-state index is 0.263. The van der Waals surface area contributed by atoms with Crippen LogP contribution in [0.4, 0.5) is 0 Å². The molecule has 0 saturated carbocycles. The van der Waals surface area contributed by atoms with E-state index in [-0.39, 0.29) is 6.04 Å². The maximum Gasteiger partial charge on any atom is 0.241 e. The number of halogens is 1. The van der Waals surface area contributed by atoms with Crippen molar-refractivity contribution in [3.63, 3.8) is 0 Å². The van der Waals surface area contributed by atoms with E-state index in [1.807, 2.05) is 36.4 Å². The Morgan fingerprint density at radius 2 is 2.12 bits per heavy atom. The average Bonchev–Trinajstić information content (AvgIpc) is 3.25. The molecule has 1 aliphatic rings. The maximum absolute atomic E-state index is 6.05. The zero-order valence-corrected chi connectivity index (χ0v) is 14.7. The average molecular weight is 358 g/mol. The van der Waals surface area contributed by atoms with Gasteiger partial charge < -0.3 is 8.94 Å². The first-order valence-corrected chi connectivity index (χ1v) is 9.03. The summed E-state index contributed by atoms with van der Waals surface area (Å²) in [5.74, 6) is 2.20. The first kappa shape index (κ1) is 16.4. The lowest BCUT2D eigenvalue weighted by atomic mass is 10.1. The summed E-state index contributed by atoms with van der Waals surface area (Å²) in [4.78, 5) is 6.93. The summed E-state index contributed by atoms with van der Waals surface area (Å²) in [7, 11) is 0. The quantitative estimate of drug-likeness (QED) is 0.650. The highest BCUT2D eigenvalue weighted by molar-refractivity contribution is 6.30. The summed E-state index contributed by atoms with van der Waals surface area (Å²) in [5, 5.41) is 4.77. The second-order valence-corrected chi connectivity index (χ2v) is 6.81. The minimum Gasteiger partial charge on any atom is -0.468 e. The van der Waals surface area contributed by atoms with Crippen LogP contribution in [0.2, 0.25) is 5.02 Å². The molecule has 25 heavy (non-hydrogen) atoms. The van der Waals surface area contributed by atoms with E-state index in [0.717, 1.165) is 24.3 Å². The molecule has 0 radical (unpaired) electrons. The molecule has 0 bridgehead atoms. The van der Waals surface area contributed by atoms with Gasteiger partial charge in [-0.05, 0) is 43.7 Å². The highest BCUT2D eigenvalue weighted by Gasteiger charge is 2.26. The van der Waals surface area contributed by atoms with Crippen LogP contribution in [-0.2, 0) is 6.54 Å². The Morgan fingerprint density at radius 3 is 2.96 bits per heavy atom. The number of hydrogen-bond donors (Lipinski definition) is 0. The number of nitrogens with zero attached hydrogens (tertiary/aromatic N) is 3. The zero-order chi connectivity index (χ0) is 17.1. The van der Waals surface area contributed by atoms with Gasteiger partial charge in [0.15, 0.2) is 0 Å². The van der Waals surface area contributed by atoms with Crippen LogP contribution in [0.1, 0.15) is 43.4 Å². The molecule has 5 nitrogen and oxygen atoms in total. The van der Waals surface area contributed by atoms with E-state index in [4.69, 9.17) is 20.5 Å². The lowest BCUT2D eigenvalue weighted by molar-refractivity contribution is 0.150. The van der Waals surface area contributed by atoms with Crippen molar-refractivity contribution in [2.45, 2.75) is 38.3 Å². The van der Waals surface area contributed by atoms with Crippen molar-refractivity contribution in [1.82, 2.24) is 15.0 Å². The van der Waals surface area contributed by atoms with E-state index < -0.39 is 0 Å². The molecule has 0 aliphatic carbocycles. The van der Waals surface area contributed by atoms with Gasteiger partial charge in [-0.3, -0.25) is 4.90 Å². The predicted octanol–water partition coefficient (Wildman–Crippen LogP) is 5.10. The van der Waals surface area contributed by atoms with Gasteiger partial charge in [-0.1, -0.05) is 41.7 Å². The molecule has 1 aliphatic heterocycles. The van der Waals surface area contributed by atoms with E-state index >= 15 is 0 Å². The van der Waals surface area contributed by atoms with Gasteiger partial charge >= 0.3 is 0 Å². The summed E-state index contributed by atoms with van der Waals surface area (Å²) in [6.07, 6.45) is 6.45. The van der Waals surface area contributed by atoms with Crippen molar-refractivity contribution in [3.8, 4) is 11.4 Å². The molecule has 1 saturated heterocycles.